The molecule has 0 aromatic heterocycles. The highest BCUT2D eigenvalue weighted by atomic mass is 16.6. The molecule has 3 rings (SSSR count). The van der Waals surface area contributed by atoms with Gasteiger partial charge in [0.15, 0.2) is 0 Å². The monoisotopic (exact) mass is 346 g/mol. The molecule has 0 aromatic rings. The normalized spacial score (nSPS) is 34.8. The van der Waals surface area contributed by atoms with Gasteiger partial charge in [0.2, 0.25) is 0 Å². The van der Waals surface area contributed by atoms with Gasteiger partial charge in [-0.05, 0) is 68.6 Å². The van der Waals surface area contributed by atoms with Crippen LogP contribution < -0.4 is 0 Å². The van der Waals surface area contributed by atoms with Gasteiger partial charge in [-0.3, -0.25) is 0 Å². The summed E-state index contributed by atoms with van der Waals surface area (Å²) in [6, 6.07) is 0. The number of ether oxygens (including phenoxy) is 2. The van der Waals surface area contributed by atoms with Crippen LogP contribution in [0, 0.1) is 23.2 Å². The van der Waals surface area contributed by atoms with E-state index in [1.807, 2.05) is 6.92 Å². The second-order valence-electron chi connectivity index (χ2n) is 8.44. The molecule has 3 fully saturated rings. The Morgan fingerprint density at radius 3 is 2.68 bits per heavy atom. The number of esters is 2. The number of rotatable bonds is 8. The third kappa shape index (κ3) is 3.54. The van der Waals surface area contributed by atoms with Gasteiger partial charge >= 0.3 is 11.9 Å². The molecule has 0 aliphatic heterocycles. The summed E-state index contributed by atoms with van der Waals surface area (Å²) in [5.41, 5.74) is -0.330. The molecule has 2 bridgehead atoms. The van der Waals surface area contributed by atoms with Crippen molar-refractivity contribution in [3.05, 3.63) is 25.3 Å². The molecule has 138 valence electrons. The maximum Gasteiger partial charge on any atom is 0.330 e. The van der Waals surface area contributed by atoms with Gasteiger partial charge in [-0.1, -0.05) is 19.6 Å². The molecule has 0 radical (unpaired) electrons. The molecule has 0 heterocycles. The summed E-state index contributed by atoms with van der Waals surface area (Å²) in [7, 11) is 0. The van der Waals surface area contributed by atoms with Gasteiger partial charge in [0.05, 0.1) is 6.61 Å². The van der Waals surface area contributed by atoms with Crippen LogP contribution in [0.3, 0.4) is 0 Å². The standard InChI is InChI=1S/C21H30O4/c1-4-18(22)24-12-11-20(3,25-19(23)5-2)14-21-10-9-15(13-21)16-7-6-8-17(16)21/h4-5,15-17H,1-2,6-14H2,3H3. The third-order valence-electron chi connectivity index (χ3n) is 6.92. The van der Waals surface area contributed by atoms with E-state index in [1.165, 1.54) is 44.6 Å². The summed E-state index contributed by atoms with van der Waals surface area (Å²) in [4.78, 5) is 23.3. The minimum Gasteiger partial charge on any atom is -0.462 e. The van der Waals surface area contributed by atoms with E-state index in [4.69, 9.17) is 9.47 Å². The summed E-state index contributed by atoms with van der Waals surface area (Å²) in [6.07, 6.45) is 11.6. The van der Waals surface area contributed by atoms with E-state index < -0.39 is 17.5 Å². The fourth-order valence-electron chi connectivity index (χ4n) is 6.14. The van der Waals surface area contributed by atoms with Crippen LogP contribution in [0.5, 0.6) is 0 Å². The number of hydrogen-bond acceptors (Lipinski definition) is 4. The second-order valence-corrected chi connectivity index (χ2v) is 8.44. The molecule has 4 heteroatoms. The van der Waals surface area contributed by atoms with Crippen molar-refractivity contribution in [3.8, 4) is 0 Å². The molecule has 3 aliphatic rings. The van der Waals surface area contributed by atoms with E-state index in [0.717, 1.165) is 30.3 Å². The largest absolute Gasteiger partial charge is 0.462 e. The van der Waals surface area contributed by atoms with Crippen molar-refractivity contribution in [1.82, 2.24) is 0 Å². The molecule has 0 N–H and O–H groups in total. The van der Waals surface area contributed by atoms with E-state index in [0.29, 0.717) is 11.8 Å². The second kappa shape index (κ2) is 6.97. The van der Waals surface area contributed by atoms with Gasteiger partial charge in [-0.25, -0.2) is 9.59 Å². The molecule has 5 unspecified atom stereocenters. The van der Waals surface area contributed by atoms with Crippen LogP contribution in [0.2, 0.25) is 0 Å². The lowest BCUT2D eigenvalue weighted by molar-refractivity contribution is -0.159. The van der Waals surface area contributed by atoms with Crippen LogP contribution in [-0.4, -0.2) is 24.1 Å². The third-order valence-corrected chi connectivity index (χ3v) is 6.92. The van der Waals surface area contributed by atoms with Crippen LogP contribution in [0.15, 0.2) is 25.3 Å². The van der Waals surface area contributed by atoms with Crippen molar-refractivity contribution >= 4 is 11.9 Å². The van der Waals surface area contributed by atoms with Crippen molar-refractivity contribution in [3.63, 3.8) is 0 Å². The topological polar surface area (TPSA) is 52.6 Å². The lowest BCUT2D eigenvalue weighted by Crippen LogP contribution is -2.41. The molecular weight excluding hydrogens is 316 g/mol. The van der Waals surface area contributed by atoms with E-state index in [9.17, 15) is 9.59 Å². The Hall–Kier alpha value is -1.58. The highest BCUT2D eigenvalue weighted by Crippen LogP contribution is 2.68. The van der Waals surface area contributed by atoms with Crippen LogP contribution in [0.4, 0.5) is 0 Å². The predicted molar refractivity (Wildman–Crippen MR) is 95.7 cm³/mol. The molecule has 0 saturated heterocycles. The van der Waals surface area contributed by atoms with Crippen molar-refractivity contribution in [2.75, 3.05) is 6.61 Å². The first-order chi connectivity index (χ1) is 11.9. The summed E-state index contributed by atoms with van der Waals surface area (Å²) < 4.78 is 10.9. The maximum atomic E-state index is 11.9. The lowest BCUT2D eigenvalue weighted by atomic mass is 9.66. The number of fused-ring (bicyclic) bond motifs is 5. The molecule has 4 nitrogen and oxygen atoms in total. The Kier molecular flexibility index (Phi) is 5.08. The number of hydrogen-bond donors (Lipinski definition) is 0. The van der Waals surface area contributed by atoms with Gasteiger partial charge in [0, 0.05) is 18.6 Å². The molecule has 3 aliphatic carbocycles. The smallest absolute Gasteiger partial charge is 0.330 e. The Morgan fingerprint density at radius 1 is 1.20 bits per heavy atom. The average Bonchev–Trinajstić information content (AvgIpc) is 3.26. The van der Waals surface area contributed by atoms with Gasteiger partial charge in [-0.15, -0.1) is 0 Å². The highest BCUT2D eigenvalue weighted by Gasteiger charge is 2.60. The Balaban J connectivity index is 1.72. The fourth-order valence-corrected chi connectivity index (χ4v) is 6.14. The van der Waals surface area contributed by atoms with Crippen LogP contribution in [-0.2, 0) is 19.1 Å². The first kappa shape index (κ1) is 18.2. The Bertz CT molecular complexity index is 568. The van der Waals surface area contributed by atoms with Crippen LogP contribution >= 0.6 is 0 Å². The minimum absolute atomic E-state index is 0.235. The zero-order chi connectivity index (χ0) is 18.1. The number of carbonyl (C=O) groups is 2. The van der Waals surface area contributed by atoms with Gasteiger partial charge in [0.25, 0.3) is 0 Å². The zero-order valence-corrected chi connectivity index (χ0v) is 15.3. The minimum atomic E-state index is -0.626. The lowest BCUT2D eigenvalue weighted by Gasteiger charge is -2.42. The van der Waals surface area contributed by atoms with E-state index in [-0.39, 0.29) is 6.61 Å². The molecule has 5 atom stereocenters. The average molecular weight is 346 g/mol. The molecular formula is C21H30O4. The summed E-state index contributed by atoms with van der Waals surface area (Å²) in [6.45, 7) is 9.16. The van der Waals surface area contributed by atoms with Crippen molar-refractivity contribution in [2.24, 2.45) is 23.2 Å². The van der Waals surface area contributed by atoms with Gasteiger partial charge in [-0.2, -0.15) is 0 Å². The van der Waals surface area contributed by atoms with Crippen molar-refractivity contribution in [1.29, 1.82) is 0 Å². The summed E-state index contributed by atoms with van der Waals surface area (Å²) in [5.74, 6) is 1.69. The van der Waals surface area contributed by atoms with Gasteiger partial charge < -0.3 is 9.47 Å². The Morgan fingerprint density at radius 2 is 1.96 bits per heavy atom. The molecule has 0 amide bonds. The summed E-state index contributed by atoms with van der Waals surface area (Å²) >= 11 is 0. The predicted octanol–water partition coefficient (Wildman–Crippen LogP) is 4.20. The molecule has 0 spiro atoms. The molecule has 25 heavy (non-hydrogen) atoms. The highest BCUT2D eigenvalue weighted by molar-refractivity contribution is 5.81. The first-order valence-electron chi connectivity index (χ1n) is 9.56. The number of carbonyl (C=O) groups excluding carboxylic acids is 2. The van der Waals surface area contributed by atoms with E-state index >= 15 is 0 Å². The Labute approximate surface area is 150 Å². The van der Waals surface area contributed by atoms with Crippen molar-refractivity contribution < 1.29 is 19.1 Å². The van der Waals surface area contributed by atoms with Crippen LogP contribution in [0.25, 0.3) is 0 Å². The maximum absolute atomic E-state index is 11.9. The van der Waals surface area contributed by atoms with E-state index in [2.05, 4.69) is 13.2 Å². The SMILES string of the molecule is C=CC(=O)OCCC(C)(CC12CCC(C1)C1CCCC12)OC(=O)C=C. The fraction of sp³-hybridized carbons (Fsp3) is 0.714. The van der Waals surface area contributed by atoms with Crippen molar-refractivity contribution in [2.45, 2.75) is 63.9 Å². The zero-order valence-electron chi connectivity index (χ0n) is 15.3. The molecule has 3 saturated carbocycles. The molecule has 0 aromatic carbocycles. The van der Waals surface area contributed by atoms with E-state index in [1.54, 1.807) is 0 Å². The first-order valence-corrected chi connectivity index (χ1v) is 9.56. The van der Waals surface area contributed by atoms with Gasteiger partial charge in [0.1, 0.15) is 5.60 Å². The summed E-state index contributed by atoms with van der Waals surface area (Å²) in [5, 5.41) is 0. The quantitative estimate of drug-likeness (QED) is 0.488. The van der Waals surface area contributed by atoms with Crippen LogP contribution in [0.1, 0.15) is 58.3 Å².